The number of nitrogens with zero attached hydrogens (tertiary/aromatic N) is 1. The summed E-state index contributed by atoms with van der Waals surface area (Å²) in [4.78, 5) is 13.9. The molecule has 144 valence electrons. The number of aromatic carboxylic acids is 1. The van der Waals surface area contributed by atoms with Crippen LogP contribution in [0.1, 0.15) is 17.3 Å². The number of hydrogen-bond donors (Lipinski definition) is 1. The SMILES string of the molecule is CCOC(=S)N(c1cccc2ccccc12)c1c(C(=O)O)ccc2ccccc12. The molecule has 0 aliphatic rings. The van der Waals surface area contributed by atoms with Gasteiger partial charge < -0.3 is 9.84 Å². The molecular weight excluding hydrogens is 382 g/mol. The topological polar surface area (TPSA) is 49.8 Å². The lowest BCUT2D eigenvalue weighted by molar-refractivity contribution is 0.0698. The molecule has 0 saturated heterocycles. The minimum Gasteiger partial charge on any atom is -0.478 e. The molecular formula is C24H19NO3S. The van der Waals surface area contributed by atoms with E-state index in [1.54, 1.807) is 11.0 Å². The van der Waals surface area contributed by atoms with Crippen molar-refractivity contribution in [1.29, 1.82) is 0 Å². The van der Waals surface area contributed by atoms with Crippen LogP contribution in [0.15, 0.2) is 78.9 Å². The van der Waals surface area contributed by atoms with Crippen LogP contribution in [0.25, 0.3) is 21.5 Å². The van der Waals surface area contributed by atoms with Gasteiger partial charge in [-0.15, -0.1) is 0 Å². The van der Waals surface area contributed by atoms with E-state index >= 15 is 0 Å². The molecule has 4 rings (SSSR count). The van der Waals surface area contributed by atoms with E-state index in [0.29, 0.717) is 12.3 Å². The maximum atomic E-state index is 12.1. The van der Waals surface area contributed by atoms with Crippen molar-refractivity contribution in [3.8, 4) is 0 Å². The second-order valence-corrected chi connectivity index (χ2v) is 6.87. The van der Waals surface area contributed by atoms with E-state index in [0.717, 1.165) is 27.2 Å². The van der Waals surface area contributed by atoms with E-state index in [9.17, 15) is 9.90 Å². The van der Waals surface area contributed by atoms with Gasteiger partial charge >= 0.3 is 5.97 Å². The molecule has 0 bridgehead atoms. The van der Waals surface area contributed by atoms with Gasteiger partial charge in [0.2, 0.25) is 0 Å². The van der Waals surface area contributed by atoms with Gasteiger partial charge in [0.25, 0.3) is 5.17 Å². The van der Waals surface area contributed by atoms with Gasteiger partial charge in [-0.2, -0.15) is 0 Å². The average Bonchev–Trinajstić information content (AvgIpc) is 2.74. The normalized spacial score (nSPS) is 10.8. The quantitative estimate of drug-likeness (QED) is 0.416. The first kappa shape index (κ1) is 18.9. The molecule has 4 aromatic rings. The first-order valence-corrected chi connectivity index (χ1v) is 9.72. The van der Waals surface area contributed by atoms with E-state index in [1.165, 1.54) is 0 Å². The standard InChI is InChI=1S/C24H19NO3S/c1-2-28-24(29)25(21-13-7-10-16-8-3-5-11-18(16)21)22-19-12-6-4-9-17(19)14-15-20(22)23(26)27/h3-15H,2H2,1H3,(H,26,27). The van der Waals surface area contributed by atoms with Crippen LogP contribution in [0.2, 0.25) is 0 Å². The summed E-state index contributed by atoms with van der Waals surface area (Å²) in [5, 5.41) is 13.9. The molecule has 0 atom stereocenters. The molecule has 5 heteroatoms. The molecule has 0 aromatic heterocycles. The molecule has 0 aliphatic heterocycles. The lowest BCUT2D eigenvalue weighted by Crippen LogP contribution is -2.28. The van der Waals surface area contributed by atoms with Crippen LogP contribution < -0.4 is 4.90 Å². The van der Waals surface area contributed by atoms with Crippen LogP contribution in [0.4, 0.5) is 11.4 Å². The molecule has 0 fully saturated rings. The number of anilines is 2. The van der Waals surface area contributed by atoms with Gasteiger partial charge in [-0.3, -0.25) is 4.90 Å². The summed E-state index contributed by atoms with van der Waals surface area (Å²) in [5.41, 5.74) is 1.45. The zero-order valence-electron chi connectivity index (χ0n) is 15.8. The Hall–Kier alpha value is -3.44. The number of carbonyl (C=O) groups is 1. The van der Waals surface area contributed by atoms with Crippen molar-refractivity contribution in [3.05, 3.63) is 84.4 Å². The molecule has 0 aliphatic carbocycles. The van der Waals surface area contributed by atoms with Crippen molar-refractivity contribution >= 4 is 56.3 Å². The molecule has 29 heavy (non-hydrogen) atoms. The van der Waals surface area contributed by atoms with Gasteiger partial charge in [-0.1, -0.05) is 66.7 Å². The van der Waals surface area contributed by atoms with E-state index in [-0.39, 0.29) is 10.7 Å². The predicted octanol–water partition coefficient (Wildman–Crippen LogP) is 6.15. The van der Waals surface area contributed by atoms with Crippen molar-refractivity contribution in [1.82, 2.24) is 0 Å². The van der Waals surface area contributed by atoms with E-state index in [2.05, 4.69) is 0 Å². The average molecular weight is 401 g/mol. The van der Waals surface area contributed by atoms with Crippen molar-refractivity contribution in [2.24, 2.45) is 0 Å². The van der Waals surface area contributed by atoms with Gasteiger partial charge in [0.15, 0.2) is 0 Å². The van der Waals surface area contributed by atoms with Crippen LogP contribution in [-0.4, -0.2) is 22.9 Å². The molecule has 0 radical (unpaired) electrons. The zero-order valence-corrected chi connectivity index (χ0v) is 16.6. The smallest absolute Gasteiger partial charge is 0.337 e. The van der Waals surface area contributed by atoms with Gasteiger partial charge in [0.05, 0.1) is 23.5 Å². The van der Waals surface area contributed by atoms with Crippen LogP contribution in [0, 0.1) is 0 Å². The minimum atomic E-state index is -1.02. The molecule has 1 N–H and O–H groups in total. The van der Waals surface area contributed by atoms with E-state index < -0.39 is 5.97 Å². The molecule has 4 aromatic carbocycles. The summed E-state index contributed by atoms with van der Waals surface area (Å²) in [6.45, 7) is 2.24. The molecule has 0 amide bonds. The van der Waals surface area contributed by atoms with E-state index in [4.69, 9.17) is 17.0 Å². The van der Waals surface area contributed by atoms with Gasteiger partial charge in [0, 0.05) is 10.8 Å². The van der Waals surface area contributed by atoms with Crippen molar-refractivity contribution in [2.75, 3.05) is 11.5 Å². The fourth-order valence-electron chi connectivity index (χ4n) is 3.57. The second-order valence-electron chi connectivity index (χ2n) is 6.52. The van der Waals surface area contributed by atoms with Crippen molar-refractivity contribution in [2.45, 2.75) is 6.92 Å². The molecule has 0 unspecified atom stereocenters. The molecule has 4 nitrogen and oxygen atoms in total. The largest absolute Gasteiger partial charge is 0.478 e. The van der Waals surface area contributed by atoms with Crippen LogP contribution in [0.5, 0.6) is 0 Å². The molecule has 0 saturated carbocycles. The maximum absolute atomic E-state index is 12.1. The number of fused-ring (bicyclic) bond motifs is 2. The Morgan fingerprint density at radius 1 is 0.897 bits per heavy atom. The maximum Gasteiger partial charge on any atom is 0.337 e. The Morgan fingerprint density at radius 2 is 1.52 bits per heavy atom. The third-order valence-electron chi connectivity index (χ3n) is 4.81. The summed E-state index contributed by atoms with van der Waals surface area (Å²) in [7, 11) is 0. The van der Waals surface area contributed by atoms with Crippen LogP contribution in [-0.2, 0) is 4.74 Å². The number of carboxylic acids is 1. The van der Waals surface area contributed by atoms with Crippen LogP contribution in [0.3, 0.4) is 0 Å². The Balaban J connectivity index is 2.10. The van der Waals surface area contributed by atoms with Gasteiger partial charge in [0.1, 0.15) is 0 Å². The predicted molar refractivity (Wildman–Crippen MR) is 121 cm³/mol. The van der Waals surface area contributed by atoms with E-state index in [1.807, 2.05) is 79.7 Å². The number of rotatable bonds is 4. The highest BCUT2D eigenvalue weighted by atomic mass is 32.1. The number of ether oxygens (including phenoxy) is 1. The van der Waals surface area contributed by atoms with Crippen molar-refractivity contribution in [3.63, 3.8) is 0 Å². The molecule has 0 heterocycles. The number of hydrogen-bond acceptors (Lipinski definition) is 3. The highest BCUT2D eigenvalue weighted by molar-refractivity contribution is 7.80. The number of benzene rings is 4. The Morgan fingerprint density at radius 3 is 2.21 bits per heavy atom. The monoisotopic (exact) mass is 401 g/mol. The lowest BCUT2D eigenvalue weighted by atomic mass is 10.0. The van der Waals surface area contributed by atoms with Gasteiger partial charge in [-0.25, -0.2) is 4.79 Å². The third-order valence-corrected chi connectivity index (χ3v) is 5.11. The third kappa shape index (κ3) is 3.41. The minimum absolute atomic E-state index is 0.165. The fourth-order valence-corrected chi connectivity index (χ4v) is 3.88. The Bertz CT molecular complexity index is 1230. The first-order valence-electron chi connectivity index (χ1n) is 9.31. The number of carboxylic acid groups (broad SMARTS) is 1. The summed E-state index contributed by atoms with van der Waals surface area (Å²) in [6.07, 6.45) is 0. The first-order chi connectivity index (χ1) is 14.1. The fraction of sp³-hybridized carbons (Fsp3) is 0.0833. The Labute approximate surface area is 173 Å². The summed E-state index contributed by atoms with van der Waals surface area (Å²) in [6, 6.07) is 24.9. The zero-order chi connectivity index (χ0) is 20.4. The summed E-state index contributed by atoms with van der Waals surface area (Å²) in [5.74, 6) is -1.02. The van der Waals surface area contributed by atoms with Crippen LogP contribution >= 0.6 is 12.2 Å². The Kier molecular flexibility index (Phi) is 5.14. The highest BCUT2D eigenvalue weighted by Gasteiger charge is 2.25. The summed E-state index contributed by atoms with van der Waals surface area (Å²) < 4.78 is 5.71. The lowest BCUT2D eigenvalue weighted by Gasteiger charge is -2.28. The second kappa shape index (κ2) is 7.89. The highest BCUT2D eigenvalue weighted by Crippen LogP contribution is 2.39. The summed E-state index contributed by atoms with van der Waals surface area (Å²) >= 11 is 5.62. The van der Waals surface area contributed by atoms with Crippen molar-refractivity contribution < 1.29 is 14.6 Å². The van der Waals surface area contributed by atoms with Gasteiger partial charge in [-0.05, 0) is 42.0 Å². The number of thiocarbonyl (C=S) groups is 1. The molecule has 0 spiro atoms.